The van der Waals surface area contributed by atoms with Crippen molar-refractivity contribution in [2.45, 2.75) is 25.8 Å². The van der Waals surface area contributed by atoms with Gasteiger partial charge in [0.2, 0.25) is 0 Å². The van der Waals surface area contributed by atoms with Crippen molar-refractivity contribution in [1.29, 1.82) is 0 Å². The van der Waals surface area contributed by atoms with Crippen LogP contribution in [0.5, 0.6) is 11.5 Å². The standard InChI is InChI=1S/C19H20Br2N2O2/c1-2-17(23-12-14-10-16(21)4-6-19(14)25)7-8-22-11-13-9-15(20)3-5-18(13)24/h3-6,9-12,17,24-25H,2,7-8H2,1H3. The summed E-state index contributed by atoms with van der Waals surface area (Å²) in [5, 5.41) is 19.6. The van der Waals surface area contributed by atoms with Crippen molar-refractivity contribution in [3.63, 3.8) is 0 Å². The number of hydrogen-bond donors (Lipinski definition) is 2. The van der Waals surface area contributed by atoms with E-state index >= 15 is 0 Å². The number of hydrogen-bond acceptors (Lipinski definition) is 4. The maximum absolute atomic E-state index is 9.85. The molecule has 0 aliphatic carbocycles. The van der Waals surface area contributed by atoms with Gasteiger partial charge in [-0.25, -0.2) is 0 Å². The summed E-state index contributed by atoms with van der Waals surface area (Å²) in [6, 6.07) is 10.6. The first-order valence-corrected chi connectivity index (χ1v) is 9.58. The molecule has 0 aliphatic rings. The van der Waals surface area contributed by atoms with Crippen LogP contribution < -0.4 is 0 Å². The highest BCUT2D eigenvalue weighted by Crippen LogP contribution is 2.21. The molecule has 132 valence electrons. The van der Waals surface area contributed by atoms with E-state index in [-0.39, 0.29) is 17.5 Å². The minimum absolute atomic E-state index is 0.131. The number of phenols is 2. The Labute approximate surface area is 164 Å². The van der Waals surface area contributed by atoms with Crippen molar-refractivity contribution < 1.29 is 10.2 Å². The summed E-state index contributed by atoms with van der Waals surface area (Å²) in [5.41, 5.74) is 1.38. The quantitative estimate of drug-likeness (QED) is 0.540. The summed E-state index contributed by atoms with van der Waals surface area (Å²) in [7, 11) is 0. The van der Waals surface area contributed by atoms with E-state index in [1.54, 1.807) is 36.7 Å². The van der Waals surface area contributed by atoms with Crippen LogP contribution in [0, 0.1) is 0 Å². The summed E-state index contributed by atoms with van der Waals surface area (Å²) >= 11 is 6.77. The Bertz CT molecular complexity index is 776. The number of benzene rings is 2. The van der Waals surface area contributed by atoms with Crippen LogP contribution in [0.4, 0.5) is 0 Å². The van der Waals surface area contributed by atoms with Gasteiger partial charge < -0.3 is 10.2 Å². The summed E-state index contributed by atoms with van der Waals surface area (Å²) in [4.78, 5) is 8.94. The predicted molar refractivity (Wildman–Crippen MR) is 110 cm³/mol. The topological polar surface area (TPSA) is 65.2 Å². The Hall–Kier alpha value is -1.66. The molecule has 0 aromatic heterocycles. The number of aromatic hydroxyl groups is 2. The van der Waals surface area contributed by atoms with Gasteiger partial charge in [0, 0.05) is 39.0 Å². The second-order valence-electron chi connectivity index (χ2n) is 5.57. The van der Waals surface area contributed by atoms with Crippen LogP contribution in [-0.4, -0.2) is 35.2 Å². The highest BCUT2D eigenvalue weighted by atomic mass is 79.9. The molecule has 2 aromatic rings. The van der Waals surface area contributed by atoms with E-state index in [0.29, 0.717) is 17.7 Å². The van der Waals surface area contributed by atoms with Gasteiger partial charge in [-0.05, 0) is 49.2 Å². The van der Waals surface area contributed by atoms with Crippen molar-refractivity contribution in [2.24, 2.45) is 9.98 Å². The number of halogens is 2. The second kappa shape index (κ2) is 9.73. The molecule has 2 rings (SSSR count). The molecule has 0 fully saturated rings. The van der Waals surface area contributed by atoms with Gasteiger partial charge in [0.15, 0.2) is 0 Å². The molecule has 0 bridgehead atoms. The molecule has 2 aromatic carbocycles. The van der Waals surface area contributed by atoms with Gasteiger partial charge in [0.05, 0.1) is 6.04 Å². The van der Waals surface area contributed by atoms with Crippen LogP contribution in [0.3, 0.4) is 0 Å². The molecule has 4 nitrogen and oxygen atoms in total. The fourth-order valence-corrected chi connectivity index (χ4v) is 2.97. The maximum Gasteiger partial charge on any atom is 0.124 e. The molecule has 0 radical (unpaired) electrons. The Morgan fingerprint density at radius 3 is 2.08 bits per heavy atom. The highest BCUT2D eigenvalue weighted by Gasteiger charge is 2.04. The van der Waals surface area contributed by atoms with Gasteiger partial charge in [0.1, 0.15) is 11.5 Å². The molecule has 0 saturated heterocycles. The van der Waals surface area contributed by atoms with E-state index in [0.717, 1.165) is 21.8 Å². The number of aliphatic imine (C=N–C) groups is 2. The first kappa shape index (κ1) is 19.7. The second-order valence-corrected chi connectivity index (χ2v) is 7.40. The Morgan fingerprint density at radius 2 is 1.52 bits per heavy atom. The number of nitrogens with zero attached hydrogens (tertiary/aromatic N) is 2. The average Bonchev–Trinajstić information content (AvgIpc) is 2.60. The minimum Gasteiger partial charge on any atom is -0.507 e. The monoisotopic (exact) mass is 466 g/mol. The smallest absolute Gasteiger partial charge is 0.124 e. The van der Waals surface area contributed by atoms with Crippen molar-refractivity contribution >= 4 is 44.3 Å². The number of rotatable bonds is 7. The van der Waals surface area contributed by atoms with Gasteiger partial charge in [-0.2, -0.15) is 0 Å². The lowest BCUT2D eigenvalue weighted by Gasteiger charge is -2.08. The molecule has 25 heavy (non-hydrogen) atoms. The molecule has 0 heterocycles. The molecular formula is C19H20Br2N2O2. The molecule has 0 amide bonds. The van der Waals surface area contributed by atoms with Crippen LogP contribution in [0.15, 0.2) is 55.3 Å². The molecule has 2 N–H and O–H groups in total. The Balaban J connectivity index is 1.93. The van der Waals surface area contributed by atoms with E-state index in [9.17, 15) is 10.2 Å². The molecular weight excluding hydrogens is 448 g/mol. The molecule has 6 heteroatoms. The Kier molecular flexibility index (Phi) is 7.65. The zero-order valence-electron chi connectivity index (χ0n) is 13.9. The van der Waals surface area contributed by atoms with Crippen molar-refractivity contribution in [3.05, 3.63) is 56.5 Å². The van der Waals surface area contributed by atoms with Crippen LogP contribution in [-0.2, 0) is 0 Å². The van der Waals surface area contributed by atoms with Gasteiger partial charge in [-0.1, -0.05) is 38.8 Å². The molecule has 0 spiro atoms. The van der Waals surface area contributed by atoms with Crippen LogP contribution in [0.25, 0.3) is 0 Å². The zero-order chi connectivity index (χ0) is 18.2. The SMILES string of the molecule is CCC(CCN=Cc1cc(Br)ccc1O)N=Cc1cc(Br)ccc1O. The summed E-state index contributed by atoms with van der Waals surface area (Å²) in [6.07, 6.45) is 5.07. The van der Waals surface area contributed by atoms with Gasteiger partial charge in [0.25, 0.3) is 0 Å². The lowest BCUT2D eigenvalue weighted by atomic mass is 10.1. The summed E-state index contributed by atoms with van der Waals surface area (Å²) in [6.45, 7) is 2.69. The molecule has 0 saturated carbocycles. The molecule has 1 atom stereocenters. The van der Waals surface area contributed by atoms with E-state index < -0.39 is 0 Å². The van der Waals surface area contributed by atoms with Crippen molar-refractivity contribution in [3.8, 4) is 11.5 Å². The van der Waals surface area contributed by atoms with Crippen LogP contribution in [0.1, 0.15) is 30.9 Å². The molecule has 1 unspecified atom stereocenters. The zero-order valence-corrected chi connectivity index (χ0v) is 17.0. The molecule has 0 aliphatic heterocycles. The average molecular weight is 468 g/mol. The lowest BCUT2D eigenvalue weighted by Crippen LogP contribution is -2.05. The van der Waals surface area contributed by atoms with E-state index in [4.69, 9.17) is 0 Å². The normalized spacial score (nSPS) is 12.9. The van der Waals surface area contributed by atoms with Crippen molar-refractivity contribution in [2.75, 3.05) is 6.54 Å². The fraction of sp³-hybridized carbons (Fsp3) is 0.263. The van der Waals surface area contributed by atoms with Crippen LogP contribution in [0.2, 0.25) is 0 Å². The predicted octanol–water partition coefficient (Wildman–Crippen LogP) is 5.33. The first-order valence-electron chi connectivity index (χ1n) is 7.99. The summed E-state index contributed by atoms with van der Waals surface area (Å²) < 4.78 is 1.80. The Morgan fingerprint density at radius 1 is 0.960 bits per heavy atom. The highest BCUT2D eigenvalue weighted by molar-refractivity contribution is 9.10. The number of phenolic OH excluding ortho intramolecular Hbond substituents is 2. The third kappa shape index (κ3) is 6.29. The maximum atomic E-state index is 9.85. The van der Waals surface area contributed by atoms with Crippen molar-refractivity contribution in [1.82, 2.24) is 0 Å². The van der Waals surface area contributed by atoms with Crippen LogP contribution >= 0.6 is 31.9 Å². The summed E-state index contributed by atoms with van der Waals surface area (Å²) in [5.74, 6) is 0.423. The van der Waals surface area contributed by atoms with E-state index in [2.05, 4.69) is 48.8 Å². The van der Waals surface area contributed by atoms with Gasteiger partial charge in [-0.15, -0.1) is 0 Å². The van der Waals surface area contributed by atoms with E-state index in [1.807, 2.05) is 12.1 Å². The largest absolute Gasteiger partial charge is 0.507 e. The van der Waals surface area contributed by atoms with E-state index in [1.165, 1.54) is 0 Å². The lowest BCUT2D eigenvalue weighted by molar-refractivity contribution is 0.474. The van der Waals surface area contributed by atoms with Gasteiger partial charge >= 0.3 is 0 Å². The third-order valence-electron chi connectivity index (χ3n) is 3.70. The minimum atomic E-state index is 0.131. The fourth-order valence-electron chi connectivity index (χ4n) is 2.21. The first-order chi connectivity index (χ1) is 12.0. The third-order valence-corrected chi connectivity index (χ3v) is 4.68. The van der Waals surface area contributed by atoms with Gasteiger partial charge in [-0.3, -0.25) is 9.98 Å².